The Hall–Kier alpha value is -1.36. The third-order valence-electron chi connectivity index (χ3n) is 2.77. The van der Waals surface area contributed by atoms with Gasteiger partial charge in [0.15, 0.2) is 0 Å². The van der Waals surface area contributed by atoms with Gasteiger partial charge in [0.25, 0.3) is 0 Å². The van der Waals surface area contributed by atoms with Crippen LogP contribution in [-0.4, -0.2) is 20.9 Å². The van der Waals surface area contributed by atoms with Crippen molar-refractivity contribution in [2.45, 2.75) is 39.7 Å². The number of carbonyl (C=O) groups is 1. The minimum Gasteiger partial charge on any atom is -0.477 e. The van der Waals surface area contributed by atoms with Crippen molar-refractivity contribution in [3.05, 3.63) is 16.6 Å². The average molecular weight is 252 g/mol. The van der Waals surface area contributed by atoms with Gasteiger partial charge in [0.05, 0.1) is 5.69 Å². The van der Waals surface area contributed by atoms with Gasteiger partial charge < -0.3 is 5.11 Å². The van der Waals surface area contributed by atoms with E-state index in [1.807, 2.05) is 11.6 Å². The van der Waals surface area contributed by atoms with Crippen LogP contribution in [0.3, 0.4) is 0 Å². The van der Waals surface area contributed by atoms with Crippen LogP contribution in [0, 0.1) is 0 Å². The monoisotopic (exact) mass is 252 g/mol. The molecule has 0 aliphatic carbocycles. The molecule has 0 unspecified atom stereocenters. The quantitative estimate of drug-likeness (QED) is 0.889. The number of aryl methyl sites for hydroxylation is 2. The fraction of sp³-hybridized carbons (Fsp3) is 0.500. The predicted molar refractivity (Wildman–Crippen MR) is 68.9 cm³/mol. The highest BCUT2D eigenvalue weighted by Crippen LogP contribution is 2.29. The van der Waals surface area contributed by atoms with Crippen LogP contribution in [0.4, 0.5) is 0 Å². The van der Waals surface area contributed by atoms with Gasteiger partial charge in [-0.25, -0.2) is 4.79 Å². The SMILES string of the molecule is CCCCn1nc(CC)c2cc(C(=O)O)sc21. The van der Waals surface area contributed by atoms with E-state index in [1.165, 1.54) is 11.3 Å². The Balaban J connectivity index is 2.48. The van der Waals surface area contributed by atoms with Crippen molar-refractivity contribution < 1.29 is 9.90 Å². The molecule has 0 aliphatic rings. The zero-order chi connectivity index (χ0) is 12.4. The van der Waals surface area contributed by atoms with Crippen LogP contribution < -0.4 is 0 Å². The van der Waals surface area contributed by atoms with Gasteiger partial charge in [-0.15, -0.1) is 11.3 Å². The highest BCUT2D eigenvalue weighted by molar-refractivity contribution is 7.20. The maximum Gasteiger partial charge on any atom is 0.345 e. The molecule has 0 saturated heterocycles. The molecule has 92 valence electrons. The first-order chi connectivity index (χ1) is 8.17. The van der Waals surface area contributed by atoms with Gasteiger partial charge >= 0.3 is 5.97 Å². The molecule has 1 N–H and O–H groups in total. The summed E-state index contributed by atoms with van der Waals surface area (Å²) in [6.45, 7) is 5.05. The summed E-state index contributed by atoms with van der Waals surface area (Å²) in [6.07, 6.45) is 3.02. The summed E-state index contributed by atoms with van der Waals surface area (Å²) in [5.74, 6) is -0.852. The Morgan fingerprint density at radius 2 is 2.29 bits per heavy atom. The molecular formula is C12H16N2O2S. The molecule has 5 heteroatoms. The minimum atomic E-state index is -0.852. The summed E-state index contributed by atoms with van der Waals surface area (Å²) >= 11 is 1.32. The maximum atomic E-state index is 11.0. The van der Waals surface area contributed by atoms with Gasteiger partial charge in [-0.05, 0) is 18.9 Å². The average Bonchev–Trinajstić information content (AvgIpc) is 2.85. The Morgan fingerprint density at radius 3 is 2.88 bits per heavy atom. The summed E-state index contributed by atoms with van der Waals surface area (Å²) in [6, 6.07) is 1.75. The number of carboxylic acid groups (broad SMARTS) is 1. The predicted octanol–water partition coefficient (Wildman–Crippen LogP) is 3.16. The molecule has 0 spiro atoms. The second kappa shape index (κ2) is 4.87. The summed E-state index contributed by atoms with van der Waals surface area (Å²) < 4.78 is 1.95. The molecule has 0 aromatic carbocycles. The molecule has 0 amide bonds. The van der Waals surface area contributed by atoms with Crippen LogP contribution >= 0.6 is 11.3 Å². The van der Waals surface area contributed by atoms with Crippen molar-refractivity contribution >= 4 is 27.5 Å². The minimum absolute atomic E-state index is 0.400. The van der Waals surface area contributed by atoms with Crippen LogP contribution in [-0.2, 0) is 13.0 Å². The van der Waals surface area contributed by atoms with E-state index in [0.29, 0.717) is 4.88 Å². The molecule has 0 saturated carbocycles. The van der Waals surface area contributed by atoms with Crippen molar-refractivity contribution in [2.75, 3.05) is 0 Å². The van der Waals surface area contributed by atoms with Crippen molar-refractivity contribution in [3.63, 3.8) is 0 Å². The molecule has 2 rings (SSSR count). The third kappa shape index (κ3) is 2.20. The van der Waals surface area contributed by atoms with E-state index in [9.17, 15) is 4.79 Å². The fourth-order valence-electron chi connectivity index (χ4n) is 1.85. The van der Waals surface area contributed by atoms with Crippen LogP contribution in [0.25, 0.3) is 10.2 Å². The van der Waals surface area contributed by atoms with Gasteiger partial charge in [0, 0.05) is 11.9 Å². The lowest BCUT2D eigenvalue weighted by Gasteiger charge is -1.99. The van der Waals surface area contributed by atoms with Gasteiger partial charge in [0.2, 0.25) is 0 Å². The number of hydrogen-bond donors (Lipinski definition) is 1. The maximum absolute atomic E-state index is 11.0. The first-order valence-corrected chi connectivity index (χ1v) is 6.71. The molecule has 2 heterocycles. The van der Waals surface area contributed by atoms with Gasteiger partial charge in [-0.3, -0.25) is 4.68 Å². The molecule has 0 fully saturated rings. The highest BCUT2D eigenvalue weighted by atomic mass is 32.1. The van der Waals surface area contributed by atoms with E-state index in [0.717, 1.165) is 41.7 Å². The normalized spacial score (nSPS) is 11.2. The molecule has 2 aromatic rings. The molecule has 0 bridgehead atoms. The van der Waals surface area contributed by atoms with Gasteiger partial charge in [-0.1, -0.05) is 20.3 Å². The van der Waals surface area contributed by atoms with Crippen LogP contribution in [0.2, 0.25) is 0 Å². The molecule has 0 atom stereocenters. The molecule has 4 nitrogen and oxygen atoms in total. The number of rotatable bonds is 5. The first-order valence-electron chi connectivity index (χ1n) is 5.89. The zero-order valence-corrected chi connectivity index (χ0v) is 10.9. The number of unbranched alkanes of at least 4 members (excludes halogenated alkanes) is 1. The number of nitrogens with zero attached hydrogens (tertiary/aromatic N) is 2. The standard InChI is InChI=1S/C12H16N2O2S/c1-3-5-6-14-11-8(9(4-2)13-14)7-10(17-11)12(15)16/h7H,3-6H2,1-2H3,(H,15,16). The summed E-state index contributed by atoms with van der Waals surface area (Å²) in [7, 11) is 0. The fourth-order valence-corrected chi connectivity index (χ4v) is 2.85. The van der Waals surface area contributed by atoms with Crippen molar-refractivity contribution in [1.82, 2.24) is 9.78 Å². The molecule has 17 heavy (non-hydrogen) atoms. The number of aromatic carboxylic acids is 1. The van der Waals surface area contributed by atoms with E-state index >= 15 is 0 Å². The van der Waals surface area contributed by atoms with E-state index in [2.05, 4.69) is 12.0 Å². The van der Waals surface area contributed by atoms with E-state index in [-0.39, 0.29) is 0 Å². The lowest BCUT2D eigenvalue weighted by atomic mass is 10.2. The number of fused-ring (bicyclic) bond motifs is 1. The topological polar surface area (TPSA) is 55.1 Å². The van der Waals surface area contributed by atoms with Crippen LogP contribution in [0.1, 0.15) is 42.1 Å². The second-order valence-corrected chi connectivity index (χ2v) is 5.04. The lowest BCUT2D eigenvalue weighted by molar-refractivity contribution is 0.0702. The van der Waals surface area contributed by atoms with Crippen LogP contribution in [0.5, 0.6) is 0 Å². The second-order valence-electron chi connectivity index (χ2n) is 4.01. The van der Waals surface area contributed by atoms with Crippen molar-refractivity contribution in [2.24, 2.45) is 0 Å². The van der Waals surface area contributed by atoms with Crippen molar-refractivity contribution in [3.8, 4) is 0 Å². The molecular weight excluding hydrogens is 236 g/mol. The Morgan fingerprint density at radius 1 is 1.53 bits per heavy atom. The third-order valence-corrected chi connectivity index (χ3v) is 3.90. The Labute approximate surface area is 104 Å². The zero-order valence-electron chi connectivity index (χ0n) is 10.1. The number of hydrogen-bond acceptors (Lipinski definition) is 3. The van der Waals surface area contributed by atoms with E-state index in [1.54, 1.807) is 6.07 Å². The first kappa shape index (κ1) is 12.1. The number of thiophene rings is 1. The lowest BCUT2D eigenvalue weighted by Crippen LogP contribution is -2.00. The largest absolute Gasteiger partial charge is 0.477 e. The Kier molecular flexibility index (Phi) is 3.47. The highest BCUT2D eigenvalue weighted by Gasteiger charge is 2.16. The number of carboxylic acids is 1. The Bertz CT molecular complexity index is 542. The summed E-state index contributed by atoms with van der Waals surface area (Å²) in [5, 5.41) is 14.6. The molecule has 0 radical (unpaired) electrons. The summed E-state index contributed by atoms with van der Waals surface area (Å²) in [4.78, 5) is 12.4. The van der Waals surface area contributed by atoms with E-state index < -0.39 is 5.97 Å². The summed E-state index contributed by atoms with van der Waals surface area (Å²) in [5.41, 5.74) is 1.000. The number of aromatic nitrogens is 2. The van der Waals surface area contributed by atoms with Crippen LogP contribution in [0.15, 0.2) is 6.07 Å². The van der Waals surface area contributed by atoms with E-state index in [4.69, 9.17) is 5.11 Å². The molecule has 0 aliphatic heterocycles. The van der Waals surface area contributed by atoms with Gasteiger partial charge in [-0.2, -0.15) is 5.10 Å². The van der Waals surface area contributed by atoms with Gasteiger partial charge in [0.1, 0.15) is 9.71 Å². The molecule has 2 aromatic heterocycles. The smallest absolute Gasteiger partial charge is 0.345 e. The van der Waals surface area contributed by atoms with Crippen molar-refractivity contribution in [1.29, 1.82) is 0 Å².